The molecule has 2 aromatic carbocycles. The number of thioether (sulfide) groups is 1. The van der Waals surface area contributed by atoms with Crippen LogP contribution in [0.15, 0.2) is 63.9 Å². The Hall–Kier alpha value is -2.29. The number of carbonyl (C=O) groups excluding carboxylic acids is 2. The van der Waals surface area contributed by atoms with E-state index in [4.69, 9.17) is 51.4 Å². The molecular weight excluding hydrogens is 499 g/mol. The molecule has 0 aliphatic carbocycles. The van der Waals surface area contributed by atoms with Gasteiger partial charge in [0, 0.05) is 27.2 Å². The van der Waals surface area contributed by atoms with E-state index in [1.165, 1.54) is 0 Å². The van der Waals surface area contributed by atoms with Gasteiger partial charge in [0.2, 0.25) is 0 Å². The maximum absolute atomic E-state index is 12.7. The van der Waals surface area contributed by atoms with Crippen molar-refractivity contribution in [2.75, 3.05) is 0 Å². The molecule has 31 heavy (non-hydrogen) atoms. The van der Waals surface area contributed by atoms with Crippen LogP contribution in [0.3, 0.4) is 0 Å². The summed E-state index contributed by atoms with van der Waals surface area (Å²) in [4.78, 5) is 25.5. The molecule has 0 saturated carbocycles. The standard InChI is InChI=1S/C21H11Cl3N2O3S2/c22-12-3-1-11(2-4-12)19(27)25-26-20(28)18(31-21(26)30)10-14-6-8-17(29-14)15-7-5-13(23)9-16(15)24/h1-10H,(H,25,27)/b18-10+. The first kappa shape index (κ1) is 21.9. The Morgan fingerprint density at radius 3 is 2.45 bits per heavy atom. The summed E-state index contributed by atoms with van der Waals surface area (Å²) < 4.78 is 6.00. The van der Waals surface area contributed by atoms with Crippen LogP contribution >= 0.6 is 58.8 Å². The zero-order valence-electron chi connectivity index (χ0n) is 15.4. The molecular formula is C21H11Cl3N2O3S2. The van der Waals surface area contributed by atoms with Gasteiger partial charge in [-0.15, -0.1) is 0 Å². The largest absolute Gasteiger partial charge is 0.457 e. The van der Waals surface area contributed by atoms with Crippen LogP contribution in [0.25, 0.3) is 17.4 Å². The van der Waals surface area contributed by atoms with Crippen LogP contribution in [0.4, 0.5) is 0 Å². The third-order valence-corrected chi connectivity index (χ3v) is 6.31. The number of benzene rings is 2. The number of thiocarbonyl (C=S) groups is 1. The van der Waals surface area contributed by atoms with E-state index in [0.29, 0.717) is 42.6 Å². The van der Waals surface area contributed by atoms with Gasteiger partial charge >= 0.3 is 0 Å². The van der Waals surface area contributed by atoms with E-state index in [9.17, 15) is 9.59 Å². The molecule has 2 amide bonds. The van der Waals surface area contributed by atoms with Gasteiger partial charge in [0.15, 0.2) is 4.32 Å². The highest BCUT2D eigenvalue weighted by Gasteiger charge is 2.34. The first-order valence-electron chi connectivity index (χ1n) is 8.71. The first-order chi connectivity index (χ1) is 14.8. The lowest BCUT2D eigenvalue weighted by molar-refractivity contribution is -0.123. The van der Waals surface area contributed by atoms with Gasteiger partial charge in [0.1, 0.15) is 11.5 Å². The molecule has 4 rings (SSSR count). The van der Waals surface area contributed by atoms with Crippen LogP contribution in [-0.2, 0) is 4.79 Å². The summed E-state index contributed by atoms with van der Waals surface area (Å²) in [5.74, 6) is 0.0247. The number of nitrogens with zero attached hydrogens (tertiary/aromatic N) is 1. The van der Waals surface area contributed by atoms with Crippen molar-refractivity contribution in [3.63, 3.8) is 0 Å². The Bertz CT molecular complexity index is 1240. The lowest BCUT2D eigenvalue weighted by Gasteiger charge is -2.15. The van der Waals surface area contributed by atoms with Crippen molar-refractivity contribution in [3.8, 4) is 11.3 Å². The first-order valence-corrected chi connectivity index (χ1v) is 11.1. The normalized spacial score (nSPS) is 15.1. The van der Waals surface area contributed by atoms with Crippen LogP contribution in [-0.4, -0.2) is 21.1 Å². The van der Waals surface area contributed by atoms with E-state index in [1.54, 1.807) is 60.7 Å². The van der Waals surface area contributed by atoms with Gasteiger partial charge in [0.05, 0.1) is 9.93 Å². The number of carbonyl (C=O) groups is 2. The molecule has 0 atom stereocenters. The Balaban J connectivity index is 1.51. The van der Waals surface area contributed by atoms with Gasteiger partial charge in [0.25, 0.3) is 11.8 Å². The predicted molar refractivity (Wildman–Crippen MR) is 128 cm³/mol. The zero-order valence-corrected chi connectivity index (χ0v) is 19.3. The smallest absolute Gasteiger partial charge is 0.285 e. The summed E-state index contributed by atoms with van der Waals surface area (Å²) in [6.45, 7) is 0. The molecule has 1 aromatic heterocycles. The number of halogens is 3. The van der Waals surface area contributed by atoms with Gasteiger partial charge in [-0.25, -0.2) is 0 Å². The van der Waals surface area contributed by atoms with E-state index in [0.717, 1.165) is 16.8 Å². The average molecular weight is 510 g/mol. The summed E-state index contributed by atoms with van der Waals surface area (Å²) in [5.41, 5.74) is 3.53. The molecule has 0 radical (unpaired) electrons. The van der Waals surface area contributed by atoms with E-state index >= 15 is 0 Å². The van der Waals surface area contributed by atoms with Gasteiger partial charge in [-0.3, -0.25) is 15.0 Å². The van der Waals surface area contributed by atoms with Crippen LogP contribution in [0, 0.1) is 0 Å². The second-order valence-corrected chi connectivity index (χ2v) is 9.25. The fourth-order valence-corrected chi connectivity index (χ4v) is 4.51. The van der Waals surface area contributed by atoms with Gasteiger partial charge in [-0.1, -0.05) is 46.6 Å². The van der Waals surface area contributed by atoms with Crippen molar-refractivity contribution in [1.29, 1.82) is 0 Å². The maximum Gasteiger partial charge on any atom is 0.285 e. The zero-order chi connectivity index (χ0) is 22.1. The second-order valence-electron chi connectivity index (χ2n) is 6.29. The van der Waals surface area contributed by atoms with Crippen molar-refractivity contribution < 1.29 is 14.0 Å². The van der Waals surface area contributed by atoms with Crippen molar-refractivity contribution in [2.24, 2.45) is 0 Å². The number of amides is 2. The predicted octanol–water partition coefficient (Wildman–Crippen LogP) is 6.45. The molecule has 1 fully saturated rings. The SMILES string of the molecule is O=C(NN1C(=O)/C(=C\c2ccc(-c3ccc(Cl)cc3Cl)o2)SC1=S)c1ccc(Cl)cc1. The van der Waals surface area contributed by atoms with Crippen LogP contribution in [0.2, 0.25) is 15.1 Å². The van der Waals surface area contributed by atoms with Crippen LogP contribution in [0.1, 0.15) is 16.1 Å². The average Bonchev–Trinajstić information content (AvgIpc) is 3.28. The third kappa shape index (κ3) is 4.81. The third-order valence-electron chi connectivity index (χ3n) is 4.21. The van der Waals surface area contributed by atoms with Gasteiger partial charge < -0.3 is 4.42 Å². The fourth-order valence-electron chi connectivity index (χ4n) is 2.73. The van der Waals surface area contributed by atoms with Crippen molar-refractivity contribution >= 4 is 81.0 Å². The number of rotatable bonds is 4. The minimum Gasteiger partial charge on any atom is -0.457 e. The van der Waals surface area contributed by atoms with Gasteiger partial charge in [-0.2, -0.15) is 5.01 Å². The lowest BCUT2D eigenvalue weighted by Crippen LogP contribution is -2.44. The molecule has 3 aromatic rings. The monoisotopic (exact) mass is 508 g/mol. The summed E-state index contributed by atoms with van der Waals surface area (Å²) in [6, 6.07) is 14.8. The maximum atomic E-state index is 12.7. The molecule has 5 nitrogen and oxygen atoms in total. The number of hydrazine groups is 1. The summed E-state index contributed by atoms with van der Waals surface area (Å²) in [5, 5.41) is 2.50. The van der Waals surface area contributed by atoms with E-state index in [2.05, 4.69) is 5.43 Å². The molecule has 0 bridgehead atoms. The molecule has 10 heteroatoms. The highest BCUT2D eigenvalue weighted by Crippen LogP contribution is 2.35. The Morgan fingerprint density at radius 1 is 1.03 bits per heavy atom. The van der Waals surface area contributed by atoms with Crippen molar-refractivity contribution in [3.05, 3.63) is 85.9 Å². The molecule has 0 spiro atoms. The number of hydrogen-bond acceptors (Lipinski definition) is 5. The lowest BCUT2D eigenvalue weighted by atomic mass is 10.2. The Kier molecular flexibility index (Phi) is 6.41. The molecule has 1 aliphatic rings. The van der Waals surface area contributed by atoms with Crippen LogP contribution in [0.5, 0.6) is 0 Å². The second kappa shape index (κ2) is 9.06. The Labute approximate surface area is 201 Å². The van der Waals surface area contributed by atoms with E-state index in [-0.39, 0.29) is 4.32 Å². The molecule has 1 aliphatic heterocycles. The minimum absolute atomic E-state index is 0.200. The topological polar surface area (TPSA) is 62.6 Å². The summed E-state index contributed by atoms with van der Waals surface area (Å²) in [7, 11) is 0. The van der Waals surface area contributed by atoms with Gasteiger partial charge in [-0.05, 0) is 66.8 Å². The van der Waals surface area contributed by atoms with Crippen molar-refractivity contribution in [1.82, 2.24) is 10.4 Å². The minimum atomic E-state index is -0.480. The van der Waals surface area contributed by atoms with E-state index < -0.39 is 11.8 Å². The highest BCUT2D eigenvalue weighted by atomic mass is 35.5. The summed E-state index contributed by atoms with van der Waals surface area (Å²) >= 11 is 24.3. The van der Waals surface area contributed by atoms with Crippen LogP contribution < -0.4 is 5.43 Å². The van der Waals surface area contributed by atoms with E-state index in [1.807, 2.05) is 0 Å². The quantitative estimate of drug-likeness (QED) is 0.323. The molecule has 1 N–H and O–H groups in total. The number of hydrogen-bond donors (Lipinski definition) is 1. The number of furan rings is 1. The fraction of sp³-hybridized carbons (Fsp3) is 0. The summed E-state index contributed by atoms with van der Waals surface area (Å²) in [6.07, 6.45) is 1.56. The molecule has 2 heterocycles. The number of nitrogens with one attached hydrogen (secondary N) is 1. The molecule has 1 saturated heterocycles. The van der Waals surface area contributed by atoms with Crippen molar-refractivity contribution in [2.45, 2.75) is 0 Å². The molecule has 0 unspecified atom stereocenters. The highest BCUT2D eigenvalue weighted by molar-refractivity contribution is 8.26. The Morgan fingerprint density at radius 2 is 1.74 bits per heavy atom. The molecule has 156 valence electrons.